The molecule has 1 aliphatic rings. The van der Waals surface area contributed by atoms with E-state index >= 15 is 0 Å². The highest BCUT2D eigenvalue weighted by Crippen LogP contribution is 2.39. The zero-order chi connectivity index (χ0) is 24.5. The highest BCUT2D eigenvalue weighted by Gasteiger charge is 2.33. The summed E-state index contributed by atoms with van der Waals surface area (Å²) >= 11 is 5.62. The average molecular weight is 473 g/mol. The van der Waals surface area contributed by atoms with Gasteiger partial charge in [-0.2, -0.15) is 0 Å². The Kier molecular flexibility index (Phi) is 6.50. The molecule has 1 heterocycles. The molecule has 1 atom stereocenters. The number of thiocarbonyl (C=S) groups is 1. The number of fused-ring (bicyclic) bond motifs is 1. The lowest BCUT2D eigenvalue weighted by atomic mass is 9.86. The number of carbonyl (C=O) groups is 1. The van der Waals surface area contributed by atoms with Crippen LogP contribution in [-0.2, 0) is 5.41 Å². The average Bonchev–Trinajstić information content (AvgIpc) is 2.77. The first-order valence-electron chi connectivity index (χ1n) is 11.6. The highest BCUT2D eigenvalue weighted by molar-refractivity contribution is 7.80. The molecule has 0 aromatic heterocycles. The number of nitrogens with one attached hydrogen (secondary N) is 2. The van der Waals surface area contributed by atoms with Gasteiger partial charge >= 0.3 is 0 Å². The van der Waals surface area contributed by atoms with Crippen molar-refractivity contribution in [2.75, 3.05) is 5.32 Å². The van der Waals surface area contributed by atoms with E-state index < -0.39 is 0 Å². The summed E-state index contributed by atoms with van der Waals surface area (Å²) in [7, 11) is 0. The van der Waals surface area contributed by atoms with E-state index in [2.05, 4.69) is 51.3 Å². The molecule has 0 aliphatic carbocycles. The van der Waals surface area contributed by atoms with Crippen LogP contribution in [0.1, 0.15) is 74.1 Å². The number of hydrogen-bond donors (Lipinski definition) is 2. The van der Waals surface area contributed by atoms with Crippen LogP contribution in [-0.4, -0.2) is 16.5 Å². The summed E-state index contributed by atoms with van der Waals surface area (Å²) in [6, 6.07) is 23.4. The summed E-state index contributed by atoms with van der Waals surface area (Å²) in [5.41, 5.74) is 4.11. The monoisotopic (exact) mass is 472 g/mol. The number of ketones is 1. The normalized spacial score (nSPS) is 16.7. The van der Waals surface area contributed by atoms with E-state index in [4.69, 9.17) is 17.0 Å². The van der Waals surface area contributed by atoms with Gasteiger partial charge in [0.05, 0.1) is 6.04 Å². The molecule has 1 unspecified atom stereocenters. The number of carbonyl (C=O) groups excluding carboxylic acids is 1. The van der Waals surface area contributed by atoms with Crippen LogP contribution < -0.4 is 15.4 Å². The second-order valence-electron chi connectivity index (χ2n) is 10.5. The van der Waals surface area contributed by atoms with Gasteiger partial charge in [0.1, 0.15) is 11.4 Å². The molecule has 3 aromatic carbocycles. The second-order valence-corrected chi connectivity index (χ2v) is 10.9. The lowest BCUT2D eigenvalue weighted by Crippen LogP contribution is -2.42. The van der Waals surface area contributed by atoms with Gasteiger partial charge in [0, 0.05) is 28.8 Å². The number of para-hydroxylation sites is 1. The van der Waals surface area contributed by atoms with Crippen molar-refractivity contribution in [3.63, 3.8) is 0 Å². The molecule has 0 saturated carbocycles. The maximum atomic E-state index is 13.1. The number of anilines is 1. The molecule has 4 nitrogen and oxygen atoms in total. The van der Waals surface area contributed by atoms with Gasteiger partial charge in [-0.05, 0) is 55.2 Å². The van der Waals surface area contributed by atoms with E-state index in [1.54, 1.807) is 0 Å². The number of hydrogen-bond acceptors (Lipinski definition) is 3. The summed E-state index contributed by atoms with van der Waals surface area (Å²) in [4.78, 5) is 13.1. The van der Waals surface area contributed by atoms with Crippen LogP contribution in [0.5, 0.6) is 5.75 Å². The molecule has 0 radical (unpaired) electrons. The van der Waals surface area contributed by atoms with Crippen molar-refractivity contribution in [2.24, 2.45) is 0 Å². The van der Waals surface area contributed by atoms with Gasteiger partial charge in [-0.25, -0.2) is 0 Å². The van der Waals surface area contributed by atoms with Gasteiger partial charge in [0.2, 0.25) is 0 Å². The van der Waals surface area contributed by atoms with Crippen LogP contribution in [0, 0.1) is 0 Å². The standard InChI is InChI=1S/C29H32N2O2S/c1-28(2,3)21-15-13-19(14-16-21)26(32)20-9-8-10-22(17-20)30-27(34)31-24-18-29(4,5)33-25-12-7-6-11-23(24)25/h6-17,24H,18H2,1-5H3,(H2,30,31,34). The first-order chi connectivity index (χ1) is 16.0. The maximum absolute atomic E-state index is 13.1. The van der Waals surface area contributed by atoms with Crippen LogP contribution in [0.3, 0.4) is 0 Å². The van der Waals surface area contributed by atoms with Gasteiger partial charge in [-0.15, -0.1) is 0 Å². The Bertz CT molecular complexity index is 1210. The summed E-state index contributed by atoms with van der Waals surface area (Å²) in [6.07, 6.45) is 0.787. The minimum atomic E-state index is -0.295. The fourth-order valence-electron chi connectivity index (χ4n) is 4.28. The predicted octanol–water partition coefficient (Wildman–Crippen LogP) is 6.80. The number of benzene rings is 3. The molecule has 0 spiro atoms. The maximum Gasteiger partial charge on any atom is 0.193 e. The van der Waals surface area contributed by atoms with Crippen molar-refractivity contribution >= 4 is 28.8 Å². The third kappa shape index (κ3) is 5.48. The van der Waals surface area contributed by atoms with Gasteiger partial charge in [-0.3, -0.25) is 4.79 Å². The molecule has 34 heavy (non-hydrogen) atoms. The molecule has 176 valence electrons. The Morgan fingerprint density at radius 3 is 2.38 bits per heavy atom. The number of rotatable bonds is 4. The molecular weight excluding hydrogens is 440 g/mol. The zero-order valence-corrected chi connectivity index (χ0v) is 21.3. The van der Waals surface area contributed by atoms with Crippen molar-refractivity contribution in [3.8, 4) is 5.75 Å². The van der Waals surface area contributed by atoms with Crippen molar-refractivity contribution in [1.29, 1.82) is 0 Å². The van der Waals surface area contributed by atoms with Crippen LogP contribution in [0.4, 0.5) is 5.69 Å². The van der Waals surface area contributed by atoms with Crippen molar-refractivity contribution in [1.82, 2.24) is 5.32 Å². The van der Waals surface area contributed by atoms with E-state index in [0.717, 1.165) is 23.4 Å². The van der Waals surface area contributed by atoms with Crippen LogP contribution in [0.2, 0.25) is 0 Å². The van der Waals surface area contributed by atoms with Gasteiger partial charge in [-0.1, -0.05) is 75.4 Å². The fourth-order valence-corrected chi connectivity index (χ4v) is 4.54. The lowest BCUT2D eigenvalue weighted by Gasteiger charge is -2.38. The second kappa shape index (κ2) is 9.22. The van der Waals surface area contributed by atoms with Crippen molar-refractivity contribution in [2.45, 2.75) is 58.1 Å². The lowest BCUT2D eigenvalue weighted by molar-refractivity contribution is 0.0697. The van der Waals surface area contributed by atoms with E-state index in [1.165, 1.54) is 5.56 Å². The summed E-state index contributed by atoms with van der Waals surface area (Å²) in [5.74, 6) is 0.868. The molecule has 0 saturated heterocycles. The van der Waals surface area contributed by atoms with E-state index in [0.29, 0.717) is 16.2 Å². The van der Waals surface area contributed by atoms with Gasteiger partial charge in [0.25, 0.3) is 0 Å². The third-order valence-electron chi connectivity index (χ3n) is 6.08. The zero-order valence-electron chi connectivity index (χ0n) is 20.4. The summed E-state index contributed by atoms with van der Waals surface area (Å²) in [6.45, 7) is 10.6. The summed E-state index contributed by atoms with van der Waals surface area (Å²) < 4.78 is 6.12. The largest absolute Gasteiger partial charge is 0.487 e. The molecule has 4 rings (SSSR count). The topological polar surface area (TPSA) is 50.4 Å². The van der Waals surface area contributed by atoms with Gasteiger partial charge in [0.15, 0.2) is 10.9 Å². The Balaban J connectivity index is 1.46. The van der Waals surface area contributed by atoms with E-state index in [1.807, 2.05) is 66.7 Å². The highest BCUT2D eigenvalue weighted by atomic mass is 32.1. The minimum Gasteiger partial charge on any atom is -0.487 e. The molecule has 1 aliphatic heterocycles. The molecule has 5 heteroatoms. The Labute approximate surface area is 207 Å². The Hall–Kier alpha value is -3.18. The first-order valence-corrected chi connectivity index (χ1v) is 12.0. The molecular formula is C29H32N2O2S. The van der Waals surface area contributed by atoms with Crippen LogP contribution in [0.15, 0.2) is 72.8 Å². The minimum absolute atomic E-state index is 0.0110. The van der Waals surface area contributed by atoms with Crippen molar-refractivity contribution < 1.29 is 9.53 Å². The quantitative estimate of drug-likeness (QED) is 0.323. The Morgan fingerprint density at radius 1 is 0.971 bits per heavy atom. The molecule has 0 amide bonds. The molecule has 0 bridgehead atoms. The fraction of sp³-hybridized carbons (Fsp3) is 0.310. The SMILES string of the molecule is CC1(C)CC(NC(=S)Nc2cccc(C(=O)c3ccc(C(C)(C)C)cc3)c2)c2ccccc2O1. The van der Waals surface area contributed by atoms with E-state index in [-0.39, 0.29) is 22.8 Å². The smallest absolute Gasteiger partial charge is 0.193 e. The van der Waals surface area contributed by atoms with E-state index in [9.17, 15) is 4.79 Å². The molecule has 2 N–H and O–H groups in total. The number of ether oxygens (including phenoxy) is 1. The predicted molar refractivity (Wildman–Crippen MR) is 143 cm³/mol. The third-order valence-corrected chi connectivity index (χ3v) is 6.30. The Morgan fingerprint density at radius 2 is 1.68 bits per heavy atom. The molecule has 3 aromatic rings. The van der Waals surface area contributed by atoms with Crippen LogP contribution in [0.25, 0.3) is 0 Å². The van der Waals surface area contributed by atoms with Gasteiger partial charge < -0.3 is 15.4 Å². The summed E-state index contributed by atoms with van der Waals surface area (Å²) in [5, 5.41) is 7.20. The van der Waals surface area contributed by atoms with Crippen LogP contribution >= 0.6 is 12.2 Å². The first kappa shape index (κ1) is 24.0. The van der Waals surface area contributed by atoms with Crippen molar-refractivity contribution in [3.05, 3.63) is 95.1 Å². The molecule has 0 fully saturated rings.